The predicted molar refractivity (Wildman–Crippen MR) is 113 cm³/mol. The van der Waals surface area contributed by atoms with Crippen molar-refractivity contribution in [2.45, 2.75) is 0 Å². The first-order chi connectivity index (χ1) is 13.7. The minimum atomic E-state index is -0.210. The standard InChI is InChI=1S/C22H21ClN2O3/c23-20-9-10-21(19-4-2-1-3-18(19)20)28-15-22(26)24-16-5-7-17(8-6-16)25-11-13-27-14-12-25/h1-10H,11-15H2,(H,24,26). The van der Waals surface area contributed by atoms with E-state index in [-0.39, 0.29) is 12.5 Å². The van der Waals surface area contributed by atoms with Gasteiger partial charge in [-0.15, -0.1) is 0 Å². The number of carbonyl (C=O) groups is 1. The Balaban J connectivity index is 1.37. The third kappa shape index (κ3) is 4.21. The zero-order chi connectivity index (χ0) is 19.3. The van der Waals surface area contributed by atoms with Crippen LogP contribution in [0.15, 0.2) is 60.7 Å². The van der Waals surface area contributed by atoms with Gasteiger partial charge in [0.1, 0.15) is 5.75 Å². The number of nitrogens with zero attached hydrogens (tertiary/aromatic N) is 1. The number of ether oxygens (including phenoxy) is 2. The molecule has 5 nitrogen and oxygen atoms in total. The van der Waals surface area contributed by atoms with Crippen molar-refractivity contribution in [2.75, 3.05) is 43.1 Å². The lowest BCUT2D eigenvalue weighted by Gasteiger charge is -2.28. The van der Waals surface area contributed by atoms with E-state index < -0.39 is 0 Å². The number of amides is 1. The number of hydrogen-bond acceptors (Lipinski definition) is 4. The summed E-state index contributed by atoms with van der Waals surface area (Å²) in [6.07, 6.45) is 0. The fourth-order valence-corrected chi connectivity index (χ4v) is 3.51. The van der Waals surface area contributed by atoms with Gasteiger partial charge in [-0.3, -0.25) is 4.79 Å². The summed E-state index contributed by atoms with van der Waals surface area (Å²) in [6.45, 7) is 3.18. The minimum absolute atomic E-state index is 0.0726. The lowest BCUT2D eigenvalue weighted by molar-refractivity contribution is -0.118. The van der Waals surface area contributed by atoms with Crippen LogP contribution in [0.1, 0.15) is 0 Å². The molecule has 0 saturated carbocycles. The highest BCUT2D eigenvalue weighted by Gasteiger charge is 2.12. The van der Waals surface area contributed by atoms with E-state index >= 15 is 0 Å². The van der Waals surface area contributed by atoms with Crippen molar-refractivity contribution in [3.05, 3.63) is 65.7 Å². The van der Waals surface area contributed by atoms with E-state index in [9.17, 15) is 4.79 Å². The topological polar surface area (TPSA) is 50.8 Å². The van der Waals surface area contributed by atoms with Crippen LogP contribution in [0.4, 0.5) is 11.4 Å². The van der Waals surface area contributed by atoms with E-state index in [0.717, 1.165) is 48.5 Å². The zero-order valence-corrected chi connectivity index (χ0v) is 16.1. The summed E-state index contributed by atoms with van der Waals surface area (Å²) in [5.41, 5.74) is 1.87. The van der Waals surface area contributed by atoms with Crippen LogP contribution in [-0.4, -0.2) is 38.8 Å². The number of fused-ring (bicyclic) bond motifs is 1. The molecule has 1 N–H and O–H groups in total. The second-order valence-corrected chi connectivity index (χ2v) is 6.98. The van der Waals surface area contributed by atoms with Crippen LogP contribution in [0, 0.1) is 0 Å². The average molecular weight is 397 g/mol. The number of anilines is 2. The van der Waals surface area contributed by atoms with Crippen molar-refractivity contribution in [1.29, 1.82) is 0 Å². The van der Waals surface area contributed by atoms with Gasteiger partial charge >= 0.3 is 0 Å². The maximum Gasteiger partial charge on any atom is 0.262 e. The molecule has 144 valence electrons. The number of rotatable bonds is 5. The molecular formula is C22H21ClN2O3. The van der Waals surface area contributed by atoms with Crippen LogP contribution >= 0.6 is 11.6 Å². The van der Waals surface area contributed by atoms with Crippen LogP contribution in [-0.2, 0) is 9.53 Å². The average Bonchev–Trinajstić information content (AvgIpc) is 2.75. The monoisotopic (exact) mass is 396 g/mol. The van der Waals surface area contributed by atoms with Crippen LogP contribution < -0.4 is 15.0 Å². The molecule has 28 heavy (non-hydrogen) atoms. The van der Waals surface area contributed by atoms with Crippen molar-refractivity contribution in [3.63, 3.8) is 0 Å². The van der Waals surface area contributed by atoms with E-state index in [0.29, 0.717) is 10.8 Å². The quantitative estimate of drug-likeness (QED) is 0.696. The van der Waals surface area contributed by atoms with Gasteiger partial charge in [0.05, 0.1) is 13.2 Å². The Morgan fingerprint density at radius 1 is 1.00 bits per heavy atom. The summed E-state index contributed by atoms with van der Waals surface area (Å²) in [6, 6.07) is 19.1. The molecule has 1 aliphatic heterocycles. The van der Waals surface area contributed by atoms with Crippen molar-refractivity contribution in [1.82, 2.24) is 0 Å². The number of nitrogens with one attached hydrogen (secondary N) is 1. The molecule has 0 atom stereocenters. The first kappa shape index (κ1) is 18.6. The highest BCUT2D eigenvalue weighted by molar-refractivity contribution is 6.35. The molecule has 0 radical (unpaired) electrons. The molecule has 1 amide bonds. The fourth-order valence-electron chi connectivity index (χ4n) is 3.28. The molecule has 0 bridgehead atoms. The minimum Gasteiger partial charge on any atom is -0.483 e. The fraction of sp³-hybridized carbons (Fsp3) is 0.227. The molecular weight excluding hydrogens is 376 g/mol. The first-order valence-electron chi connectivity index (χ1n) is 9.23. The molecule has 3 aromatic rings. The summed E-state index contributed by atoms with van der Waals surface area (Å²) in [5.74, 6) is 0.427. The van der Waals surface area contributed by atoms with Gasteiger partial charge in [-0.2, -0.15) is 0 Å². The molecule has 3 aromatic carbocycles. The Kier molecular flexibility index (Phi) is 5.65. The lowest BCUT2D eigenvalue weighted by Crippen LogP contribution is -2.36. The molecule has 4 rings (SSSR count). The van der Waals surface area contributed by atoms with Gasteiger partial charge in [-0.05, 0) is 36.4 Å². The van der Waals surface area contributed by atoms with Crippen molar-refractivity contribution in [3.8, 4) is 5.75 Å². The van der Waals surface area contributed by atoms with E-state index in [4.69, 9.17) is 21.1 Å². The van der Waals surface area contributed by atoms with E-state index in [1.807, 2.05) is 48.5 Å². The maximum atomic E-state index is 12.3. The Morgan fingerprint density at radius 3 is 2.46 bits per heavy atom. The van der Waals surface area contributed by atoms with Crippen molar-refractivity contribution in [2.24, 2.45) is 0 Å². The lowest BCUT2D eigenvalue weighted by atomic mass is 10.1. The number of hydrogen-bond donors (Lipinski definition) is 1. The highest BCUT2D eigenvalue weighted by atomic mass is 35.5. The number of halogens is 1. The summed E-state index contributed by atoms with van der Waals surface area (Å²) < 4.78 is 11.1. The smallest absolute Gasteiger partial charge is 0.262 e. The second kappa shape index (κ2) is 8.50. The first-order valence-corrected chi connectivity index (χ1v) is 9.61. The number of morpholine rings is 1. The van der Waals surface area contributed by atoms with Gasteiger partial charge < -0.3 is 19.7 Å². The van der Waals surface area contributed by atoms with E-state index in [1.165, 1.54) is 0 Å². The Hall–Kier alpha value is -2.76. The van der Waals surface area contributed by atoms with Gasteiger partial charge in [-0.25, -0.2) is 0 Å². The molecule has 0 aliphatic carbocycles. The molecule has 6 heteroatoms. The van der Waals surface area contributed by atoms with Crippen LogP contribution in [0.25, 0.3) is 10.8 Å². The summed E-state index contributed by atoms with van der Waals surface area (Å²) in [4.78, 5) is 14.6. The predicted octanol–water partition coefficient (Wildman–Crippen LogP) is 4.35. The molecule has 1 aliphatic rings. The number of carbonyl (C=O) groups excluding carboxylic acids is 1. The molecule has 0 unspecified atom stereocenters. The Morgan fingerprint density at radius 2 is 1.71 bits per heavy atom. The second-order valence-electron chi connectivity index (χ2n) is 6.57. The summed E-state index contributed by atoms with van der Waals surface area (Å²) in [7, 11) is 0. The van der Waals surface area contributed by atoms with Crippen molar-refractivity contribution >= 4 is 39.7 Å². The van der Waals surface area contributed by atoms with Crippen LogP contribution in [0.5, 0.6) is 5.75 Å². The third-order valence-corrected chi connectivity index (χ3v) is 5.05. The van der Waals surface area contributed by atoms with Crippen LogP contribution in [0.3, 0.4) is 0 Å². The summed E-state index contributed by atoms with van der Waals surface area (Å²) in [5, 5.41) is 5.32. The van der Waals surface area contributed by atoms with Gasteiger partial charge in [-0.1, -0.05) is 35.9 Å². The molecule has 1 saturated heterocycles. The van der Waals surface area contributed by atoms with E-state index in [2.05, 4.69) is 10.2 Å². The molecule has 1 heterocycles. The SMILES string of the molecule is O=C(COc1ccc(Cl)c2ccccc12)Nc1ccc(N2CCOCC2)cc1. The Labute approximate surface area is 168 Å². The third-order valence-electron chi connectivity index (χ3n) is 4.72. The van der Waals surface area contributed by atoms with Gasteiger partial charge in [0, 0.05) is 40.3 Å². The highest BCUT2D eigenvalue weighted by Crippen LogP contribution is 2.31. The number of benzene rings is 3. The Bertz CT molecular complexity index is 969. The normalized spacial score (nSPS) is 14.1. The van der Waals surface area contributed by atoms with Gasteiger partial charge in [0.2, 0.25) is 0 Å². The largest absolute Gasteiger partial charge is 0.483 e. The molecule has 1 fully saturated rings. The van der Waals surface area contributed by atoms with Crippen molar-refractivity contribution < 1.29 is 14.3 Å². The van der Waals surface area contributed by atoms with E-state index in [1.54, 1.807) is 12.1 Å². The zero-order valence-electron chi connectivity index (χ0n) is 15.4. The van der Waals surface area contributed by atoms with Gasteiger partial charge in [0.15, 0.2) is 6.61 Å². The molecule has 0 aromatic heterocycles. The maximum absolute atomic E-state index is 12.3. The summed E-state index contributed by atoms with van der Waals surface area (Å²) >= 11 is 6.22. The van der Waals surface area contributed by atoms with Crippen LogP contribution in [0.2, 0.25) is 5.02 Å². The molecule has 0 spiro atoms. The van der Waals surface area contributed by atoms with Gasteiger partial charge in [0.25, 0.3) is 5.91 Å².